The third kappa shape index (κ3) is 1.61. The summed E-state index contributed by atoms with van der Waals surface area (Å²) in [5, 5.41) is 0. The first-order valence-corrected chi connectivity index (χ1v) is 8.54. The predicted octanol–water partition coefficient (Wildman–Crippen LogP) is 4.17. The van der Waals surface area contributed by atoms with Gasteiger partial charge in [-0.2, -0.15) is 0 Å². The molecular formula is C20H24O2. The molecule has 22 heavy (non-hydrogen) atoms. The quantitative estimate of drug-likeness (QED) is 0.629. The van der Waals surface area contributed by atoms with Crippen LogP contribution in [-0.4, -0.2) is 11.6 Å². The highest BCUT2D eigenvalue weighted by Crippen LogP contribution is 2.61. The van der Waals surface area contributed by atoms with Crippen LogP contribution < -0.4 is 0 Å². The first-order chi connectivity index (χ1) is 10.4. The summed E-state index contributed by atoms with van der Waals surface area (Å²) in [7, 11) is 0. The lowest BCUT2D eigenvalue weighted by atomic mass is 9.53. The predicted molar refractivity (Wildman–Crippen MR) is 86.2 cm³/mol. The van der Waals surface area contributed by atoms with Crippen molar-refractivity contribution in [1.29, 1.82) is 0 Å². The van der Waals surface area contributed by atoms with E-state index in [1.54, 1.807) is 0 Å². The van der Waals surface area contributed by atoms with E-state index in [0.717, 1.165) is 25.7 Å². The zero-order chi connectivity index (χ0) is 15.7. The number of allylic oxidation sites excluding steroid dienone is 6. The number of fused-ring (bicyclic) bond motifs is 5. The van der Waals surface area contributed by atoms with E-state index in [9.17, 15) is 9.59 Å². The summed E-state index contributed by atoms with van der Waals surface area (Å²) in [4.78, 5) is 24.3. The molecule has 0 aromatic rings. The highest BCUT2D eigenvalue weighted by Gasteiger charge is 2.55. The van der Waals surface area contributed by atoms with E-state index in [4.69, 9.17) is 0 Å². The van der Waals surface area contributed by atoms with Gasteiger partial charge >= 0.3 is 0 Å². The molecule has 0 amide bonds. The number of ketones is 2. The Hall–Kier alpha value is -1.44. The standard InChI is InChI=1S/C20H24O2/c1-12-10-14-15-4-5-18(22)20(15,3)9-7-16(14)19(2)8-6-13(21)11-17(12)19/h7,10-11,14-15H,4-6,8-9H2,1-3H3/t14-,15-,19+,20-/m0/s1. The molecule has 1 saturated carbocycles. The summed E-state index contributed by atoms with van der Waals surface area (Å²) >= 11 is 0. The van der Waals surface area contributed by atoms with E-state index < -0.39 is 0 Å². The molecule has 0 bridgehead atoms. The maximum Gasteiger partial charge on any atom is 0.156 e. The zero-order valence-corrected chi connectivity index (χ0v) is 13.7. The fourth-order valence-corrected chi connectivity index (χ4v) is 5.52. The molecule has 4 aliphatic rings. The molecule has 0 heterocycles. The first-order valence-electron chi connectivity index (χ1n) is 8.54. The maximum atomic E-state index is 12.4. The van der Waals surface area contributed by atoms with Gasteiger partial charge in [-0.15, -0.1) is 0 Å². The average molecular weight is 296 g/mol. The van der Waals surface area contributed by atoms with Crippen molar-refractivity contribution >= 4 is 11.6 Å². The molecule has 0 aromatic heterocycles. The molecule has 4 atom stereocenters. The molecule has 0 N–H and O–H groups in total. The lowest BCUT2D eigenvalue weighted by Gasteiger charge is -2.50. The Kier molecular flexibility index (Phi) is 2.77. The Labute approximate surface area is 132 Å². The van der Waals surface area contributed by atoms with Gasteiger partial charge in [0.05, 0.1) is 0 Å². The zero-order valence-electron chi connectivity index (χ0n) is 13.7. The average Bonchev–Trinajstić information content (AvgIpc) is 2.77. The molecule has 0 aliphatic heterocycles. The first kappa shape index (κ1) is 14.2. The minimum Gasteiger partial charge on any atom is -0.299 e. The number of hydrogen-bond donors (Lipinski definition) is 0. The summed E-state index contributed by atoms with van der Waals surface area (Å²) < 4.78 is 0. The van der Waals surface area contributed by atoms with Gasteiger partial charge in [0, 0.05) is 29.6 Å². The number of hydrogen-bond acceptors (Lipinski definition) is 2. The van der Waals surface area contributed by atoms with Gasteiger partial charge in [-0.05, 0) is 43.8 Å². The number of carbonyl (C=O) groups excluding carboxylic acids is 2. The van der Waals surface area contributed by atoms with E-state index in [2.05, 4.69) is 32.9 Å². The molecule has 0 aromatic carbocycles. The van der Waals surface area contributed by atoms with E-state index >= 15 is 0 Å². The lowest BCUT2D eigenvalue weighted by Crippen LogP contribution is -2.43. The SMILES string of the molecule is CC1=C[C@@H]2C(=CC[C@]3(C)C(=O)CC[C@@H]23)[C@@]2(C)CCC(=O)C=C12. The Morgan fingerprint density at radius 3 is 2.73 bits per heavy atom. The van der Waals surface area contributed by atoms with Gasteiger partial charge in [0.15, 0.2) is 5.78 Å². The van der Waals surface area contributed by atoms with Crippen LogP contribution in [0.1, 0.15) is 52.9 Å². The van der Waals surface area contributed by atoms with E-state index in [-0.39, 0.29) is 16.6 Å². The largest absolute Gasteiger partial charge is 0.299 e. The molecule has 0 radical (unpaired) electrons. The van der Waals surface area contributed by atoms with Crippen LogP contribution in [0.4, 0.5) is 0 Å². The van der Waals surface area contributed by atoms with Crippen LogP contribution in [0, 0.1) is 22.7 Å². The van der Waals surface area contributed by atoms with Gasteiger partial charge in [-0.25, -0.2) is 0 Å². The fourth-order valence-electron chi connectivity index (χ4n) is 5.52. The molecule has 4 rings (SSSR count). The second-order valence-electron chi connectivity index (χ2n) is 8.08. The van der Waals surface area contributed by atoms with Crippen molar-refractivity contribution in [2.24, 2.45) is 22.7 Å². The van der Waals surface area contributed by atoms with Gasteiger partial charge in [-0.3, -0.25) is 9.59 Å². The third-order valence-electron chi connectivity index (χ3n) is 6.94. The summed E-state index contributed by atoms with van der Waals surface area (Å²) in [5.41, 5.74) is 3.80. The van der Waals surface area contributed by atoms with E-state index in [1.165, 1.54) is 16.7 Å². The van der Waals surface area contributed by atoms with Crippen LogP contribution in [-0.2, 0) is 9.59 Å². The van der Waals surface area contributed by atoms with Crippen LogP contribution in [0.5, 0.6) is 0 Å². The molecular weight excluding hydrogens is 272 g/mol. The molecule has 2 heteroatoms. The van der Waals surface area contributed by atoms with Crippen LogP contribution in [0.15, 0.2) is 34.9 Å². The van der Waals surface area contributed by atoms with Crippen LogP contribution in [0.3, 0.4) is 0 Å². The summed E-state index contributed by atoms with van der Waals surface area (Å²) in [6.07, 6.45) is 10.8. The molecule has 0 spiro atoms. The number of carbonyl (C=O) groups is 2. The van der Waals surface area contributed by atoms with Crippen molar-refractivity contribution < 1.29 is 9.59 Å². The highest BCUT2D eigenvalue weighted by molar-refractivity contribution is 5.93. The van der Waals surface area contributed by atoms with Crippen molar-refractivity contribution in [2.45, 2.75) is 52.9 Å². The smallest absolute Gasteiger partial charge is 0.156 e. The van der Waals surface area contributed by atoms with Crippen molar-refractivity contribution in [1.82, 2.24) is 0 Å². The highest BCUT2D eigenvalue weighted by atomic mass is 16.1. The summed E-state index contributed by atoms with van der Waals surface area (Å²) in [5.74, 6) is 1.55. The van der Waals surface area contributed by atoms with Crippen molar-refractivity contribution in [2.75, 3.05) is 0 Å². The fraction of sp³-hybridized carbons (Fsp3) is 0.600. The molecule has 2 nitrogen and oxygen atoms in total. The van der Waals surface area contributed by atoms with Crippen LogP contribution in [0.2, 0.25) is 0 Å². The molecule has 1 fully saturated rings. The Bertz CT molecular complexity index is 678. The van der Waals surface area contributed by atoms with Crippen molar-refractivity contribution in [3.8, 4) is 0 Å². The second kappa shape index (κ2) is 4.31. The molecule has 0 unspecified atom stereocenters. The summed E-state index contributed by atoms with van der Waals surface area (Å²) in [6.45, 7) is 6.61. The Morgan fingerprint density at radius 2 is 1.95 bits per heavy atom. The monoisotopic (exact) mass is 296 g/mol. The normalized spacial score (nSPS) is 43.7. The van der Waals surface area contributed by atoms with Crippen LogP contribution >= 0.6 is 0 Å². The number of rotatable bonds is 0. The van der Waals surface area contributed by atoms with Gasteiger partial charge in [0.2, 0.25) is 0 Å². The molecule has 4 aliphatic carbocycles. The van der Waals surface area contributed by atoms with Gasteiger partial charge in [0.25, 0.3) is 0 Å². The second-order valence-corrected chi connectivity index (χ2v) is 8.08. The number of Topliss-reactive ketones (excluding diaryl/α,β-unsaturated/α-hetero) is 1. The maximum absolute atomic E-state index is 12.4. The van der Waals surface area contributed by atoms with E-state index in [0.29, 0.717) is 24.0 Å². The molecule has 0 saturated heterocycles. The van der Waals surface area contributed by atoms with Crippen molar-refractivity contribution in [3.05, 3.63) is 34.9 Å². The van der Waals surface area contributed by atoms with Gasteiger partial charge < -0.3 is 0 Å². The van der Waals surface area contributed by atoms with E-state index in [1.807, 2.05) is 6.08 Å². The van der Waals surface area contributed by atoms with Crippen LogP contribution in [0.25, 0.3) is 0 Å². The lowest BCUT2D eigenvalue weighted by molar-refractivity contribution is -0.126. The Balaban J connectivity index is 1.88. The summed E-state index contributed by atoms with van der Waals surface area (Å²) in [6, 6.07) is 0. The topological polar surface area (TPSA) is 34.1 Å². The minimum atomic E-state index is -0.160. The van der Waals surface area contributed by atoms with Gasteiger partial charge in [-0.1, -0.05) is 37.1 Å². The third-order valence-corrected chi connectivity index (χ3v) is 6.94. The Morgan fingerprint density at radius 1 is 1.18 bits per heavy atom. The minimum absolute atomic E-state index is 0.00434. The van der Waals surface area contributed by atoms with Crippen molar-refractivity contribution in [3.63, 3.8) is 0 Å². The van der Waals surface area contributed by atoms with Gasteiger partial charge in [0.1, 0.15) is 5.78 Å². The molecule has 116 valence electrons.